The van der Waals surface area contributed by atoms with Crippen molar-refractivity contribution in [3.05, 3.63) is 60.9 Å². The monoisotopic (exact) mass is 1180 g/mol. The fourth-order valence-corrected chi connectivity index (χ4v) is 12.7. The number of hydrogen-bond donors (Lipinski definition) is 4. The van der Waals surface area contributed by atoms with Crippen LogP contribution >= 0.6 is 0 Å². The minimum Gasteiger partial charge on any atom is -0.489 e. The van der Waals surface area contributed by atoms with Crippen LogP contribution in [0, 0.1) is 0 Å². The van der Waals surface area contributed by atoms with Gasteiger partial charge in [0.1, 0.15) is 36.2 Å². The van der Waals surface area contributed by atoms with Gasteiger partial charge in [-0.25, -0.2) is 36.8 Å². The smallest absolute Gasteiger partial charge is 0.238 e. The van der Waals surface area contributed by atoms with Gasteiger partial charge in [-0.2, -0.15) is 9.97 Å². The van der Waals surface area contributed by atoms with Crippen LogP contribution in [0.1, 0.15) is 57.1 Å². The van der Waals surface area contributed by atoms with Crippen molar-refractivity contribution < 1.29 is 40.5 Å². The standard InChI is InChI=1S/C55H75N17O9S2/c1-68(2)17-26-79-43-33-58-54(59-34-43)61-37-5-9-41(10-6-37)81-53-45-28-40(32-57-47(45)30-51(65-53)72-20-24-78-25-21-72)67-83(75,76)36-48-49(70-15-13-69(3)14-16-70)35-60-55(63-48)62-38-7-11-42(12-8-38)80-52-44-27-39(66-82(4,73)74)31-56-46(44)29-50(64-52)71-18-22-77-23-19-71/h27-35,37-38,41-42,66-67H,5-26,36H2,1-4H3,(H,58,59,61)(H,60,62,63). The minimum absolute atomic E-state index is 0.0238. The molecule has 5 fully saturated rings. The molecule has 6 aromatic rings. The molecule has 4 N–H and O–H groups in total. The van der Waals surface area contributed by atoms with Gasteiger partial charge in [-0.3, -0.25) is 19.4 Å². The van der Waals surface area contributed by atoms with Gasteiger partial charge in [0.15, 0.2) is 5.75 Å². The normalized spacial score (nSPS) is 21.2. The molecule has 6 aromatic heterocycles. The van der Waals surface area contributed by atoms with Gasteiger partial charge in [0.05, 0.1) is 108 Å². The van der Waals surface area contributed by atoms with E-state index in [0.717, 1.165) is 57.4 Å². The van der Waals surface area contributed by atoms with E-state index < -0.39 is 25.8 Å². The number of anilines is 7. The summed E-state index contributed by atoms with van der Waals surface area (Å²) < 4.78 is 89.0. The highest BCUT2D eigenvalue weighted by Gasteiger charge is 2.30. The number of nitrogens with one attached hydrogen (secondary N) is 4. The van der Waals surface area contributed by atoms with Crippen LogP contribution < -0.4 is 49.0 Å². The molecule has 3 saturated heterocycles. The number of piperazine rings is 1. The van der Waals surface area contributed by atoms with Gasteiger partial charge in [0, 0.05) is 83.1 Å². The molecule has 26 nitrogen and oxygen atoms in total. The van der Waals surface area contributed by atoms with E-state index in [1.54, 1.807) is 30.7 Å². The Morgan fingerprint density at radius 3 is 1.61 bits per heavy atom. The van der Waals surface area contributed by atoms with Gasteiger partial charge >= 0.3 is 0 Å². The average molecular weight is 1180 g/mol. The summed E-state index contributed by atoms with van der Waals surface area (Å²) >= 11 is 0. The largest absolute Gasteiger partial charge is 0.489 e. The fraction of sp³-hybridized carbons (Fsp3) is 0.564. The van der Waals surface area contributed by atoms with Gasteiger partial charge in [0.2, 0.25) is 43.7 Å². The van der Waals surface area contributed by atoms with Crippen LogP contribution in [0.4, 0.5) is 40.6 Å². The molecule has 9 heterocycles. The predicted octanol–water partition coefficient (Wildman–Crippen LogP) is 4.44. The molecule has 446 valence electrons. The number of pyridine rings is 4. The first-order valence-corrected chi connectivity index (χ1v) is 32.2. The lowest BCUT2D eigenvalue weighted by Gasteiger charge is -2.35. The summed E-state index contributed by atoms with van der Waals surface area (Å²) in [5.74, 6) is 3.31. The second kappa shape index (κ2) is 25.9. The second-order valence-electron chi connectivity index (χ2n) is 22.3. The summed E-state index contributed by atoms with van der Waals surface area (Å²) in [4.78, 5) is 48.8. The zero-order valence-corrected chi connectivity index (χ0v) is 49.2. The molecule has 0 amide bonds. The number of nitrogens with zero attached hydrogens (tertiary/aromatic N) is 13. The van der Waals surface area contributed by atoms with Gasteiger partial charge in [-0.1, -0.05) is 0 Å². The van der Waals surface area contributed by atoms with Crippen molar-refractivity contribution in [2.75, 3.05) is 154 Å². The Morgan fingerprint density at radius 2 is 1.10 bits per heavy atom. The first kappa shape index (κ1) is 57.8. The van der Waals surface area contributed by atoms with Crippen molar-refractivity contribution in [3.63, 3.8) is 0 Å². The van der Waals surface area contributed by atoms with E-state index >= 15 is 0 Å². The zero-order chi connectivity index (χ0) is 57.5. The van der Waals surface area contributed by atoms with Crippen LogP contribution in [0.15, 0.2) is 55.2 Å². The van der Waals surface area contributed by atoms with Crippen LogP contribution in [0.25, 0.3) is 21.8 Å². The molecular weight excluding hydrogens is 1110 g/mol. The van der Waals surface area contributed by atoms with Crippen LogP contribution in [-0.2, 0) is 35.3 Å². The first-order valence-electron chi connectivity index (χ1n) is 28.6. The SMILES string of the molecule is CN(C)CCOc1cnc(NC2CCC(Oc3nc(N4CCOCC4)cc4ncc(NS(=O)(=O)Cc5nc(NC6CCC(Oc7nc(N8CCOCC8)cc8ncc(NS(C)(=O)=O)cc78)CC6)ncc5N5CCN(C)CC5)cc34)CC2)nc1. The van der Waals surface area contributed by atoms with E-state index in [9.17, 15) is 16.8 Å². The lowest BCUT2D eigenvalue weighted by atomic mass is 9.93. The lowest BCUT2D eigenvalue weighted by molar-refractivity contribution is 0.122. The first-order chi connectivity index (χ1) is 40.1. The van der Waals surface area contributed by atoms with Crippen molar-refractivity contribution in [2.24, 2.45) is 0 Å². The van der Waals surface area contributed by atoms with Crippen LogP contribution in [0.5, 0.6) is 17.5 Å². The predicted molar refractivity (Wildman–Crippen MR) is 318 cm³/mol. The number of morpholine rings is 2. The summed E-state index contributed by atoms with van der Waals surface area (Å²) in [6.07, 6.45) is 14.8. The summed E-state index contributed by atoms with van der Waals surface area (Å²) in [6.45, 7) is 9.31. The highest BCUT2D eigenvalue weighted by Crippen LogP contribution is 2.36. The molecular formula is C55H75N17O9S2. The van der Waals surface area contributed by atoms with E-state index in [-0.39, 0.29) is 30.0 Å². The van der Waals surface area contributed by atoms with Gasteiger partial charge in [-0.15, -0.1) is 0 Å². The highest BCUT2D eigenvalue weighted by molar-refractivity contribution is 7.92. The van der Waals surface area contributed by atoms with E-state index in [4.69, 9.17) is 48.6 Å². The molecule has 0 aromatic carbocycles. The van der Waals surface area contributed by atoms with Gasteiger partial charge < -0.3 is 58.8 Å². The molecule has 0 atom stereocenters. The maximum atomic E-state index is 14.5. The van der Waals surface area contributed by atoms with Crippen molar-refractivity contribution in [3.8, 4) is 17.5 Å². The Morgan fingerprint density at radius 1 is 0.590 bits per heavy atom. The Kier molecular flexibility index (Phi) is 18.0. The topological polar surface area (TPSA) is 282 Å². The van der Waals surface area contributed by atoms with Crippen molar-refractivity contribution in [2.45, 2.75) is 81.4 Å². The number of ether oxygens (including phenoxy) is 5. The molecule has 11 rings (SSSR count). The van der Waals surface area contributed by atoms with Crippen LogP contribution in [0.2, 0.25) is 0 Å². The van der Waals surface area contributed by atoms with E-state index in [1.807, 2.05) is 26.2 Å². The number of sulfonamides is 2. The molecule has 2 aliphatic carbocycles. The van der Waals surface area contributed by atoms with Crippen molar-refractivity contribution in [1.82, 2.24) is 49.7 Å². The number of hydrogen-bond acceptors (Lipinski definition) is 24. The Hall–Kier alpha value is -6.98. The van der Waals surface area contributed by atoms with Crippen LogP contribution in [0.3, 0.4) is 0 Å². The van der Waals surface area contributed by atoms with Crippen molar-refractivity contribution in [1.29, 1.82) is 0 Å². The number of fused-ring (bicyclic) bond motifs is 2. The average Bonchev–Trinajstić information content (AvgIpc) is 3.46. The molecule has 0 unspecified atom stereocenters. The maximum absolute atomic E-state index is 14.5. The third kappa shape index (κ3) is 15.4. The number of rotatable bonds is 21. The van der Waals surface area contributed by atoms with E-state index in [0.29, 0.717) is 172 Å². The van der Waals surface area contributed by atoms with Crippen molar-refractivity contribution >= 4 is 82.4 Å². The molecule has 5 aliphatic rings. The number of likely N-dealkylation sites (N-methyl/N-ethyl adjacent to an activating group) is 2. The van der Waals surface area contributed by atoms with Gasteiger partial charge in [-0.05, 0) is 84.6 Å². The Labute approximate surface area is 484 Å². The fourth-order valence-electron chi connectivity index (χ4n) is 11.0. The summed E-state index contributed by atoms with van der Waals surface area (Å²) in [6, 6.07) is 7.40. The minimum atomic E-state index is -4.08. The summed E-state index contributed by atoms with van der Waals surface area (Å²) in [5.41, 5.74) is 2.90. The summed E-state index contributed by atoms with van der Waals surface area (Å²) in [5, 5.41) is 8.18. The quantitative estimate of drug-likeness (QED) is 0.0775. The summed E-state index contributed by atoms with van der Waals surface area (Å²) in [7, 11) is -1.57. The molecule has 28 heteroatoms. The molecule has 0 radical (unpaired) electrons. The lowest BCUT2D eigenvalue weighted by Crippen LogP contribution is -2.45. The third-order valence-corrected chi connectivity index (χ3v) is 17.3. The molecule has 0 spiro atoms. The maximum Gasteiger partial charge on any atom is 0.238 e. The molecule has 83 heavy (non-hydrogen) atoms. The van der Waals surface area contributed by atoms with Gasteiger partial charge in [0.25, 0.3) is 0 Å². The third-order valence-electron chi connectivity index (χ3n) is 15.5. The van der Waals surface area contributed by atoms with E-state index in [1.165, 1.54) is 12.4 Å². The molecule has 0 bridgehead atoms. The van der Waals surface area contributed by atoms with E-state index in [2.05, 4.69) is 66.6 Å². The Bertz CT molecular complexity index is 3410. The molecule has 3 aliphatic heterocycles. The molecule has 2 saturated carbocycles. The zero-order valence-electron chi connectivity index (χ0n) is 47.6. The highest BCUT2D eigenvalue weighted by atomic mass is 32.2. The second-order valence-corrected chi connectivity index (χ2v) is 25.7. The Balaban J connectivity index is 0.770. The van der Waals surface area contributed by atoms with Crippen LogP contribution in [-0.4, -0.2) is 210 Å². The number of aromatic nitrogens is 8.